The lowest BCUT2D eigenvalue weighted by molar-refractivity contribution is 0.102. The number of hydrogen-bond acceptors (Lipinski definition) is 6. The highest BCUT2D eigenvalue weighted by Gasteiger charge is 2.43. The minimum Gasteiger partial charge on any atom is -0.354 e. The van der Waals surface area contributed by atoms with Crippen LogP contribution in [0, 0.1) is 20.8 Å². The number of hydrogen-bond donors (Lipinski definition) is 2. The van der Waals surface area contributed by atoms with E-state index in [0.717, 1.165) is 16.9 Å². The fraction of sp³-hybridized carbons (Fsp3) is 0.214. The van der Waals surface area contributed by atoms with Crippen molar-refractivity contribution in [1.82, 2.24) is 19.5 Å². The number of aromatic nitrogens is 4. The Morgan fingerprint density at radius 2 is 1.84 bits per heavy atom. The second-order valence-electron chi connectivity index (χ2n) is 9.59. The van der Waals surface area contributed by atoms with Crippen LogP contribution >= 0.6 is 0 Å². The zero-order valence-electron chi connectivity index (χ0n) is 20.6. The molecule has 1 aliphatic carbocycles. The van der Waals surface area contributed by atoms with Gasteiger partial charge < -0.3 is 15.2 Å². The lowest BCUT2D eigenvalue weighted by Crippen LogP contribution is -2.15. The molecule has 2 N–H and O–H groups in total. The van der Waals surface area contributed by atoms with Crippen molar-refractivity contribution in [2.24, 2.45) is 0 Å². The SMILES string of the molecule is Cc1cc(C)cc(Nc2ccc3ncc(C(=O)Nc4cc(-c5noc(C6C[C@@H]6F)n5)ccc4C)n3c2)c1. The largest absolute Gasteiger partial charge is 0.354 e. The number of rotatable bonds is 6. The molecule has 5 aromatic rings. The van der Waals surface area contributed by atoms with Gasteiger partial charge in [0.15, 0.2) is 0 Å². The van der Waals surface area contributed by atoms with Crippen molar-refractivity contribution >= 4 is 28.6 Å². The number of nitrogens with zero attached hydrogens (tertiary/aromatic N) is 4. The highest BCUT2D eigenvalue weighted by atomic mass is 19.1. The number of benzene rings is 2. The average molecular weight is 497 g/mol. The van der Waals surface area contributed by atoms with E-state index in [9.17, 15) is 9.18 Å². The van der Waals surface area contributed by atoms with Gasteiger partial charge in [0, 0.05) is 23.1 Å². The molecular formula is C28H25FN6O2. The van der Waals surface area contributed by atoms with Gasteiger partial charge in [-0.3, -0.25) is 9.20 Å². The number of nitrogens with one attached hydrogen (secondary N) is 2. The van der Waals surface area contributed by atoms with Crippen LogP contribution in [0.25, 0.3) is 17.0 Å². The summed E-state index contributed by atoms with van der Waals surface area (Å²) >= 11 is 0. The van der Waals surface area contributed by atoms with Gasteiger partial charge in [0.25, 0.3) is 5.91 Å². The number of carbonyl (C=O) groups is 1. The molecule has 1 aliphatic rings. The second-order valence-corrected chi connectivity index (χ2v) is 9.59. The van der Waals surface area contributed by atoms with Crippen molar-refractivity contribution in [1.29, 1.82) is 0 Å². The Hall–Kier alpha value is -4.53. The summed E-state index contributed by atoms with van der Waals surface area (Å²) in [4.78, 5) is 22.0. The van der Waals surface area contributed by atoms with Crippen LogP contribution in [0.5, 0.6) is 0 Å². The van der Waals surface area contributed by atoms with E-state index in [1.165, 1.54) is 11.1 Å². The Morgan fingerprint density at radius 1 is 1.05 bits per heavy atom. The van der Waals surface area contributed by atoms with E-state index >= 15 is 0 Å². The highest BCUT2D eigenvalue weighted by Crippen LogP contribution is 2.43. The minimum atomic E-state index is -0.914. The first kappa shape index (κ1) is 22.9. The molecule has 0 spiro atoms. The summed E-state index contributed by atoms with van der Waals surface area (Å²) in [5, 5.41) is 10.4. The fourth-order valence-corrected chi connectivity index (χ4v) is 4.44. The first-order chi connectivity index (χ1) is 17.8. The van der Waals surface area contributed by atoms with Crippen LogP contribution in [0.2, 0.25) is 0 Å². The molecule has 6 rings (SSSR count). The Balaban J connectivity index is 1.25. The van der Waals surface area contributed by atoms with Crippen molar-refractivity contribution in [3.63, 3.8) is 0 Å². The number of fused-ring (bicyclic) bond motifs is 1. The molecule has 1 saturated carbocycles. The predicted octanol–water partition coefficient (Wildman–Crippen LogP) is 6.13. The number of carbonyl (C=O) groups excluding carboxylic acids is 1. The van der Waals surface area contributed by atoms with Crippen LogP contribution in [0.3, 0.4) is 0 Å². The van der Waals surface area contributed by atoms with Crippen LogP contribution in [0.4, 0.5) is 21.5 Å². The Labute approximate surface area is 212 Å². The molecular weight excluding hydrogens is 471 g/mol. The third kappa shape index (κ3) is 4.55. The summed E-state index contributed by atoms with van der Waals surface area (Å²) in [6, 6.07) is 15.6. The van der Waals surface area contributed by atoms with Gasteiger partial charge in [-0.15, -0.1) is 0 Å². The number of pyridine rings is 1. The van der Waals surface area contributed by atoms with E-state index in [2.05, 4.69) is 57.8 Å². The van der Waals surface area contributed by atoms with E-state index in [-0.39, 0.29) is 11.8 Å². The molecule has 0 bridgehead atoms. The molecule has 186 valence electrons. The van der Waals surface area contributed by atoms with Crippen LogP contribution in [0.15, 0.2) is 65.4 Å². The van der Waals surface area contributed by atoms with Gasteiger partial charge in [0.1, 0.15) is 17.5 Å². The molecule has 1 fully saturated rings. The minimum absolute atomic E-state index is 0.302. The molecule has 1 amide bonds. The van der Waals surface area contributed by atoms with E-state index in [1.807, 2.05) is 37.4 Å². The molecule has 0 radical (unpaired) electrons. The predicted molar refractivity (Wildman–Crippen MR) is 139 cm³/mol. The topological polar surface area (TPSA) is 97.3 Å². The standard InChI is InChI=1S/C28H25FN6O2/c1-15-8-16(2)10-20(9-15)31-19-6-7-25-30-13-24(35(25)14-19)27(36)32-23-11-18(5-4-17(23)3)26-33-28(37-34-26)21-12-22(21)29/h4-11,13-14,21-22,31H,12H2,1-3H3,(H,32,36)/t21?,22-/m0/s1. The molecule has 3 aromatic heterocycles. The van der Waals surface area contributed by atoms with Crippen LogP contribution < -0.4 is 10.6 Å². The first-order valence-corrected chi connectivity index (χ1v) is 12.1. The van der Waals surface area contributed by atoms with Crippen molar-refractivity contribution < 1.29 is 13.7 Å². The molecule has 0 aliphatic heterocycles. The molecule has 1 unspecified atom stereocenters. The van der Waals surface area contributed by atoms with Crippen LogP contribution in [-0.2, 0) is 0 Å². The summed E-state index contributed by atoms with van der Waals surface area (Å²) in [6.45, 7) is 6.01. The number of imidazole rings is 1. The van der Waals surface area contributed by atoms with Gasteiger partial charge in [-0.25, -0.2) is 9.37 Å². The van der Waals surface area contributed by atoms with Gasteiger partial charge in [-0.05, 0) is 74.2 Å². The zero-order valence-corrected chi connectivity index (χ0v) is 20.6. The number of amides is 1. The lowest BCUT2D eigenvalue weighted by Gasteiger charge is -2.11. The van der Waals surface area contributed by atoms with Gasteiger partial charge in [-0.2, -0.15) is 4.98 Å². The maximum atomic E-state index is 13.4. The van der Waals surface area contributed by atoms with E-state index in [0.29, 0.717) is 40.7 Å². The van der Waals surface area contributed by atoms with Gasteiger partial charge in [-0.1, -0.05) is 23.4 Å². The van der Waals surface area contributed by atoms with Gasteiger partial charge in [0.2, 0.25) is 11.7 Å². The molecule has 37 heavy (non-hydrogen) atoms. The van der Waals surface area contributed by atoms with Crippen molar-refractivity contribution in [3.8, 4) is 11.4 Å². The highest BCUT2D eigenvalue weighted by molar-refractivity contribution is 6.04. The maximum absolute atomic E-state index is 13.4. The smallest absolute Gasteiger partial charge is 0.274 e. The van der Waals surface area contributed by atoms with Crippen molar-refractivity contribution in [2.75, 3.05) is 10.6 Å². The van der Waals surface area contributed by atoms with Crippen molar-refractivity contribution in [3.05, 3.63) is 89.2 Å². The normalized spacial score (nSPS) is 16.6. The van der Waals surface area contributed by atoms with E-state index in [4.69, 9.17) is 4.52 Å². The number of anilines is 3. The molecule has 2 aromatic carbocycles. The number of alkyl halides is 1. The van der Waals surface area contributed by atoms with Crippen molar-refractivity contribution in [2.45, 2.75) is 39.3 Å². The Morgan fingerprint density at radius 3 is 2.59 bits per heavy atom. The Bertz CT molecular complexity index is 1640. The van der Waals surface area contributed by atoms with Crippen LogP contribution in [-0.4, -0.2) is 31.6 Å². The third-order valence-electron chi connectivity index (χ3n) is 6.46. The summed E-state index contributed by atoms with van der Waals surface area (Å²) in [6.07, 6.45) is 2.91. The number of halogens is 1. The van der Waals surface area contributed by atoms with E-state index < -0.39 is 6.17 Å². The monoisotopic (exact) mass is 496 g/mol. The second kappa shape index (κ2) is 8.85. The average Bonchev–Trinajstić information content (AvgIpc) is 3.23. The zero-order chi connectivity index (χ0) is 25.7. The summed E-state index contributed by atoms with van der Waals surface area (Å²) < 4.78 is 20.3. The summed E-state index contributed by atoms with van der Waals surface area (Å²) in [5.41, 5.74) is 7.36. The third-order valence-corrected chi connectivity index (χ3v) is 6.46. The Kier molecular flexibility index (Phi) is 5.48. The molecule has 2 atom stereocenters. The van der Waals surface area contributed by atoms with Gasteiger partial charge >= 0.3 is 0 Å². The summed E-state index contributed by atoms with van der Waals surface area (Å²) in [5.74, 6) is 0.0600. The van der Waals surface area contributed by atoms with E-state index in [1.54, 1.807) is 16.7 Å². The maximum Gasteiger partial charge on any atom is 0.274 e. The lowest BCUT2D eigenvalue weighted by atomic mass is 10.1. The van der Waals surface area contributed by atoms with Gasteiger partial charge in [0.05, 0.1) is 17.8 Å². The molecule has 0 saturated heterocycles. The summed E-state index contributed by atoms with van der Waals surface area (Å²) in [7, 11) is 0. The molecule has 9 heteroatoms. The molecule has 3 heterocycles. The van der Waals surface area contributed by atoms with Crippen LogP contribution in [0.1, 0.15) is 45.4 Å². The molecule has 8 nitrogen and oxygen atoms in total. The first-order valence-electron chi connectivity index (χ1n) is 12.1. The number of aryl methyl sites for hydroxylation is 3. The quantitative estimate of drug-likeness (QED) is 0.293. The fourth-order valence-electron chi connectivity index (χ4n) is 4.44.